The number of phenols is 1. The number of hydrogen-bond acceptors (Lipinski definition) is 10. The zero-order chi connectivity index (χ0) is 29.5. The summed E-state index contributed by atoms with van der Waals surface area (Å²) in [6.45, 7) is 0.475. The van der Waals surface area contributed by atoms with Crippen molar-refractivity contribution in [3.63, 3.8) is 0 Å². The molecule has 1 aliphatic heterocycles. The van der Waals surface area contributed by atoms with E-state index >= 15 is 0 Å². The van der Waals surface area contributed by atoms with Crippen LogP contribution in [0.15, 0.2) is 23.0 Å². The molecule has 216 valence electrons. The van der Waals surface area contributed by atoms with Gasteiger partial charge in [0.25, 0.3) is 5.91 Å². The van der Waals surface area contributed by atoms with Crippen molar-refractivity contribution in [2.75, 3.05) is 33.9 Å². The number of aliphatic hydroxyl groups excluding tert-OH is 2. The Morgan fingerprint density at radius 2 is 1.90 bits per heavy atom. The number of alkyl halides is 3. The van der Waals surface area contributed by atoms with Gasteiger partial charge in [-0.3, -0.25) is 19.3 Å². The highest BCUT2D eigenvalue weighted by Crippen LogP contribution is 2.54. The summed E-state index contributed by atoms with van der Waals surface area (Å²) in [4.78, 5) is 40.3. The standard InChI is InChI=1S/C26H28F3N3O8/c1-32(2)19-12-6-9-5-11-16(14(33)7-10(18(11)26(27,28)29)13-8-40-4-3-31-13)20(34)15(9)22(36)25(12,39)23(37)17(21(19)35)24(30)38/h7,9,12-13,19,31,33-34,37,39H,3-6,8H2,1-2H3,(H2,30,38)/t9-,12-,13?,19-,25-/m0/s1. The van der Waals surface area contributed by atoms with Gasteiger partial charge in [0, 0.05) is 18.0 Å². The average Bonchev–Trinajstić information content (AvgIpc) is 2.85. The van der Waals surface area contributed by atoms with E-state index in [4.69, 9.17) is 10.5 Å². The van der Waals surface area contributed by atoms with Crippen molar-refractivity contribution in [3.05, 3.63) is 45.2 Å². The van der Waals surface area contributed by atoms with Crippen molar-refractivity contribution in [1.29, 1.82) is 0 Å². The summed E-state index contributed by atoms with van der Waals surface area (Å²) in [5.74, 6) is -9.15. The maximum Gasteiger partial charge on any atom is 0.417 e. The number of phenolic OH excluding ortho intramolecular Hbond substituents is 1. The van der Waals surface area contributed by atoms with Crippen LogP contribution in [0, 0.1) is 11.8 Å². The summed E-state index contributed by atoms with van der Waals surface area (Å²) in [6, 6.07) is -1.39. The maximum absolute atomic E-state index is 14.6. The molecule has 14 heteroatoms. The van der Waals surface area contributed by atoms with E-state index in [1.807, 2.05) is 0 Å². The lowest BCUT2D eigenvalue weighted by Gasteiger charge is -2.50. The number of rotatable bonds is 3. The van der Waals surface area contributed by atoms with E-state index in [1.54, 1.807) is 0 Å². The molecule has 1 aromatic rings. The monoisotopic (exact) mass is 567 g/mol. The number of nitrogens with zero attached hydrogens (tertiary/aromatic N) is 1. The van der Waals surface area contributed by atoms with Crippen molar-refractivity contribution in [2.24, 2.45) is 17.6 Å². The Labute approximate surface area is 225 Å². The molecule has 0 spiro atoms. The fourth-order valence-corrected chi connectivity index (χ4v) is 6.72. The lowest BCUT2D eigenvalue weighted by molar-refractivity contribution is -0.153. The molecule has 1 saturated heterocycles. The number of carbonyl (C=O) groups is 3. The van der Waals surface area contributed by atoms with Gasteiger partial charge in [-0.15, -0.1) is 0 Å². The van der Waals surface area contributed by atoms with E-state index in [1.165, 1.54) is 19.0 Å². The first-order valence-electron chi connectivity index (χ1n) is 12.5. The lowest BCUT2D eigenvalue weighted by Crippen LogP contribution is -2.65. The number of halogens is 3. The number of amides is 1. The van der Waals surface area contributed by atoms with Crippen molar-refractivity contribution in [3.8, 4) is 5.75 Å². The number of nitrogens with one attached hydrogen (secondary N) is 1. The predicted octanol–water partition coefficient (Wildman–Crippen LogP) is 0.644. The van der Waals surface area contributed by atoms with E-state index in [2.05, 4.69) is 5.32 Å². The Morgan fingerprint density at radius 1 is 1.23 bits per heavy atom. The molecule has 0 aromatic heterocycles. The number of ketones is 2. The number of benzene rings is 1. The van der Waals surface area contributed by atoms with Crippen LogP contribution in [0.4, 0.5) is 13.2 Å². The summed E-state index contributed by atoms with van der Waals surface area (Å²) >= 11 is 0. The van der Waals surface area contributed by atoms with Gasteiger partial charge in [0.2, 0.25) is 5.78 Å². The van der Waals surface area contributed by atoms with Crippen LogP contribution >= 0.6 is 0 Å². The summed E-state index contributed by atoms with van der Waals surface area (Å²) in [7, 11) is 2.86. The van der Waals surface area contributed by atoms with Gasteiger partial charge in [-0.1, -0.05) is 0 Å². The predicted molar refractivity (Wildman–Crippen MR) is 131 cm³/mol. The fourth-order valence-electron chi connectivity index (χ4n) is 6.72. The normalized spacial score (nSPS) is 30.8. The molecule has 1 aromatic carbocycles. The molecule has 0 radical (unpaired) electrons. The van der Waals surface area contributed by atoms with E-state index in [0.29, 0.717) is 6.61 Å². The smallest absolute Gasteiger partial charge is 0.417 e. The second-order valence-corrected chi connectivity index (χ2v) is 10.8. The zero-order valence-electron chi connectivity index (χ0n) is 21.5. The molecule has 0 bridgehead atoms. The first kappa shape index (κ1) is 28.1. The van der Waals surface area contributed by atoms with Crippen molar-refractivity contribution in [2.45, 2.75) is 36.7 Å². The number of ether oxygens (including phenoxy) is 1. The van der Waals surface area contributed by atoms with Gasteiger partial charge < -0.3 is 36.2 Å². The molecule has 7 N–H and O–H groups in total. The summed E-state index contributed by atoms with van der Waals surface area (Å²) in [5.41, 5.74) is -1.55. The number of fused-ring (bicyclic) bond motifs is 3. The van der Waals surface area contributed by atoms with Gasteiger partial charge in [0.15, 0.2) is 11.4 Å². The average molecular weight is 568 g/mol. The Kier molecular flexibility index (Phi) is 6.53. The Hall–Kier alpha value is -3.46. The maximum atomic E-state index is 14.6. The highest BCUT2D eigenvalue weighted by atomic mass is 19.4. The van der Waals surface area contributed by atoms with Crippen LogP contribution < -0.4 is 11.1 Å². The number of nitrogens with two attached hydrogens (primary N) is 1. The zero-order valence-corrected chi connectivity index (χ0v) is 21.5. The van der Waals surface area contributed by atoms with Crippen LogP contribution in [-0.4, -0.2) is 88.3 Å². The molecular formula is C26H28F3N3O8. The Balaban J connectivity index is 1.75. The number of primary amides is 1. The first-order chi connectivity index (χ1) is 18.6. The molecule has 1 saturated carbocycles. The second-order valence-electron chi connectivity index (χ2n) is 10.8. The number of morpholine rings is 1. The molecule has 1 amide bonds. The third kappa shape index (κ3) is 3.84. The van der Waals surface area contributed by atoms with Gasteiger partial charge in [-0.25, -0.2) is 0 Å². The molecule has 3 aliphatic carbocycles. The minimum absolute atomic E-state index is 0.0914. The van der Waals surface area contributed by atoms with Crippen LogP contribution in [0.5, 0.6) is 5.75 Å². The summed E-state index contributed by atoms with van der Waals surface area (Å²) < 4.78 is 49.1. The molecule has 2 fully saturated rings. The molecule has 4 aliphatic rings. The molecule has 1 unspecified atom stereocenters. The Bertz CT molecular complexity index is 1400. The van der Waals surface area contributed by atoms with Gasteiger partial charge >= 0.3 is 6.18 Å². The van der Waals surface area contributed by atoms with Crippen molar-refractivity contribution >= 4 is 23.2 Å². The molecule has 1 heterocycles. The summed E-state index contributed by atoms with van der Waals surface area (Å²) in [6.07, 6.45) is -5.72. The molecule has 40 heavy (non-hydrogen) atoms. The first-order valence-corrected chi connectivity index (χ1v) is 12.5. The van der Waals surface area contributed by atoms with E-state index in [0.717, 1.165) is 6.07 Å². The van der Waals surface area contributed by atoms with Crippen LogP contribution in [0.25, 0.3) is 5.76 Å². The van der Waals surface area contributed by atoms with Crippen molar-refractivity contribution < 1.29 is 52.7 Å². The number of carbonyl (C=O) groups excluding carboxylic acids is 3. The molecule has 5 atom stereocenters. The van der Waals surface area contributed by atoms with Crippen LogP contribution in [0.3, 0.4) is 0 Å². The van der Waals surface area contributed by atoms with Gasteiger partial charge in [-0.2, -0.15) is 13.2 Å². The third-order valence-electron chi connectivity index (χ3n) is 8.33. The number of Topliss-reactive ketones (excluding diaryl/α,β-unsaturated/α-hetero) is 2. The van der Waals surface area contributed by atoms with E-state index in [9.17, 15) is 48.0 Å². The van der Waals surface area contributed by atoms with E-state index < -0.39 is 105 Å². The SMILES string of the molecule is CN(C)[C@@H]1C(=O)C(C(N)=O)=C(O)[C@@]2(O)C(=O)C3=C(O)c4c(O)cc(C5COCCN5)c(C(F)(F)F)c4C[C@H]3C[C@@H]12. The largest absolute Gasteiger partial charge is 0.508 e. The van der Waals surface area contributed by atoms with Crippen LogP contribution in [-0.2, 0) is 31.7 Å². The van der Waals surface area contributed by atoms with Gasteiger partial charge in [-0.05, 0) is 50.0 Å². The highest BCUT2D eigenvalue weighted by Gasteiger charge is 2.64. The minimum atomic E-state index is -4.92. The van der Waals surface area contributed by atoms with Crippen LogP contribution in [0.1, 0.15) is 34.7 Å². The van der Waals surface area contributed by atoms with Crippen LogP contribution in [0.2, 0.25) is 0 Å². The summed E-state index contributed by atoms with van der Waals surface area (Å²) in [5, 5.41) is 47.4. The number of likely N-dealkylation sites (N-methyl/N-ethyl adjacent to an activating group) is 1. The molecule has 11 nitrogen and oxygen atoms in total. The highest BCUT2D eigenvalue weighted by molar-refractivity contribution is 6.24. The number of hydrogen-bond donors (Lipinski definition) is 6. The quantitative estimate of drug-likeness (QED) is 0.284. The Morgan fingerprint density at radius 3 is 2.45 bits per heavy atom. The third-order valence-corrected chi connectivity index (χ3v) is 8.33. The van der Waals surface area contributed by atoms with Gasteiger partial charge in [0.05, 0.1) is 36.4 Å². The topological polar surface area (TPSA) is 183 Å². The number of aliphatic hydroxyl groups is 3. The molecule has 5 rings (SSSR count). The minimum Gasteiger partial charge on any atom is -0.508 e. The van der Waals surface area contributed by atoms with E-state index in [-0.39, 0.29) is 25.1 Å². The lowest BCUT2D eigenvalue weighted by atomic mass is 9.57. The number of aromatic hydroxyl groups is 1. The fraction of sp³-hybridized carbons (Fsp3) is 0.500. The van der Waals surface area contributed by atoms with Crippen molar-refractivity contribution in [1.82, 2.24) is 10.2 Å². The van der Waals surface area contributed by atoms with Gasteiger partial charge in [0.1, 0.15) is 22.8 Å². The molecular weight excluding hydrogens is 539 g/mol. The second kappa shape index (κ2) is 9.29.